The first-order valence-corrected chi connectivity index (χ1v) is 7.56. The van der Waals surface area contributed by atoms with E-state index in [1.54, 1.807) is 0 Å². The molecule has 1 aliphatic rings. The lowest BCUT2D eigenvalue weighted by molar-refractivity contribution is -0.132. The average Bonchev–Trinajstić information content (AvgIpc) is 2.38. The van der Waals surface area contributed by atoms with Crippen molar-refractivity contribution in [2.45, 2.75) is 61.3 Å². The summed E-state index contributed by atoms with van der Waals surface area (Å²) in [5.74, 6) is -0.605. The van der Waals surface area contributed by atoms with Gasteiger partial charge in [-0.15, -0.1) is 0 Å². The average molecular weight is 279 g/mol. The van der Waals surface area contributed by atoms with E-state index in [9.17, 15) is 9.59 Å². The molecule has 0 aromatic heterocycles. The van der Waals surface area contributed by atoms with Gasteiger partial charge in [0, 0.05) is 12.1 Å². The predicted octanol–water partition coefficient (Wildman–Crippen LogP) is 3.49. The molecule has 1 aliphatic heterocycles. The molecule has 0 aromatic rings. The SMILES string of the molecule is CCCC1C(=O)NCC(C(C)(C)C)=C(C(C)(C)C)C1=O. The highest BCUT2D eigenvalue weighted by Gasteiger charge is 2.40. The zero-order chi connectivity index (χ0) is 15.7. The zero-order valence-corrected chi connectivity index (χ0v) is 14.0. The second kappa shape index (κ2) is 5.71. The Kier molecular flexibility index (Phi) is 4.83. The van der Waals surface area contributed by atoms with E-state index >= 15 is 0 Å². The van der Waals surface area contributed by atoms with Crippen molar-refractivity contribution in [2.24, 2.45) is 16.7 Å². The molecule has 1 rings (SSSR count). The van der Waals surface area contributed by atoms with Crippen molar-refractivity contribution < 1.29 is 9.59 Å². The Morgan fingerprint density at radius 1 is 1.05 bits per heavy atom. The fraction of sp³-hybridized carbons (Fsp3) is 0.765. The van der Waals surface area contributed by atoms with Gasteiger partial charge in [0.05, 0.1) is 0 Å². The van der Waals surface area contributed by atoms with E-state index in [1.807, 2.05) is 6.92 Å². The summed E-state index contributed by atoms with van der Waals surface area (Å²) in [5, 5.41) is 2.95. The number of rotatable bonds is 2. The lowest BCUT2D eigenvalue weighted by Crippen LogP contribution is -2.34. The largest absolute Gasteiger partial charge is 0.352 e. The molecule has 0 radical (unpaired) electrons. The maximum absolute atomic E-state index is 12.9. The number of Topliss-reactive ketones (excluding diaryl/α,β-unsaturated/α-hetero) is 1. The zero-order valence-electron chi connectivity index (χ0n) is 14.0. The fourth-order valence-corrected chi connectivity index (χ4v) is 2.84. The molecule has 3 heteroatoms. The van der Waals surface area contributed by atoms with Crippen LogP contribution < -0.4 is 5.32 Å². The molecule has 1 N–H and O–H groups in total. The molecular formula is C17H29NO2. The maximum Gasteiger partial charge on any atom is 0.231 e. The molecule has 0 saturated carbocycles. The highest BCUT2D eigenvalue weighted by molar-refractivity contribution is 6.11. The number of carbonyl (C=O) groups excluding carboxylic acids is 2. The molecule has 3 nitrogen and oxygen atoms in total. The smallest absolute Gasteiger partial charge is 0.231 e. The van der Waals surface area contributed by atoms with Crippen LogP contribution >= 0.6 is 0 Å². The quantitative estimate of drug-likeness (QED) is 0.786. The lowest BCUT2D eigenvalue weighted by atomic mass is 9.72. The number of hydrogen-bond donors (Lipinski definition) is 1. The molecule has 1 amide bonds. The predicted molar refractivity (Wildman–Crippen MR) is 82.4 cm³/mol. The van der Waals surface area contributed by atoms with Gasteiger partial charge in [0.25, 0.3) is 0 Å². The number of amides is 1. The molecule has 1 heterocycles. The Morgan fingerprint density at radius 2 is 1.60 bits per heavy atom. The first kappa shape index (κ1) is 16.9. The van der Waals surface area contributed by atoms with Gasteiger partial charge >= 0.3 is 0 Å². The van der Waals surface area contributed by atoms with E-state index in [2.05, 4.69) is 46.9 Å². The van der Waals surface area contributed by atoms with Gasteiger partial charge in [-0.2, -0.15) is 0 Å². The van der Waals surface area contributed by atoms with E-state index in [1.165, 1.54) is 0 Å². The monoisotopic (exact) mass is 279 g/mol. The molecule has 0 aliphatic carbocycles. The number of ketones is 1. The Bertz CT molecular complexity index is 433. The Labute approximate surface area is 123 Å². The summed E-state index contributed by atoms with van der Waals surface area (Å²) in [6, 6.07) is 0. The van der Waals surface area contributed by atoms with Crippen LogP contribution in [0.3, 0.4) is 0 Å². The molecule has 0 fully saturated rings. The molecule has 1 unspecified atom stereocenters. The Hall–Kier alpha value is -1.12. The van der Waals surface area contributed by atoms with E-state index in [-0.39, 0.29) is 22.5 Å². The second-order valence-corrected chi connectivity index (χ2v) is 7.78. The molecule has 114 valence electrons. The van der Waals surface area contributed by atoms with Gasteiger partial charge in [-0.25, -0.2) is 0 Å². The minimum absolute atomic E-state index is 0.0271. The lowest BCUT2D eigenvalue weighted by Gasteiger charge is -2.31. The third-order valence-corrected chi connectivity index (χ3v) is 3.85. The summed E-state index contributed by atoms with van der Waals surface area (Å²) in [6.07, 6.45) is 1.47. The number of carbonyl (C=O) groups is 2. The third-order valence-electron chi connectivity index (χ3n) is 3.85. The van der Waals surface area contributed by atoms with Gasteiger partial charge in [-0.3, -0.25) is 9.59 Å². The second-order valence-electron chi connectivity index (χ2n) is 7.78. The van der Waals surface area contributed by atoms with Gasteiger partial charge in [-0.05, 0) is 22.8 Å². The van der Waals surface area contributed by atoms with E-state index in [0.717, 1.165) is 17.6 Å². The summed E-state index contributed by atoms with van der Waals surface area (Å²) in [4.78, 5) is 25.1. The van der Waals surface area contributed by atoms with Crippen LogP contribution in [0.15, 0.2) is 11.1 Å². The van der Waals surface area contributed by atoms with Crippen molar-refractivity contribution in [3.05, 3.63) is 11.1 Å². The van der Waals surface area contributed by atoms with Crippen molar-refractivity contribution in [1.29, 1.82) is 0 Å². The van der Waals surface area contributed by atoms with Crippen LogP contribution in [0.25, 0.3) is 0 Å². The van der Waals surface area contributed by atoms with Crippen LogP contribution in [-0.4, -0.2) is 18.2 Å². The van der Waals surface area contributed by atoms with Gasteiger partial charge in [-0.1, -0.05) is 54.9 Å². The number of hydrogen-bond acceptors (Lipinski definition) is 2. The van der Waals surface area contributed by atoms with Crippen LogP contribution in [-0.2, 0) is 9.59 Å². The number of nitrogens with one attached hydrogen (secondary N) is 1. The molecule has 20 heavy (non-hydrogen) atoms. The topological polar surface area (TPSA) is 46.2 Å². The standard InChI is InChI=1S/C17H29NO2/c1-8-9-11-14(19)13(17(5,6)7)12(16(2,3)4)10-18-15(11)20/h11H,8-10H2,1-7H3,(H,18,20). The highest BCUT2D eigenvalue weighted by Crippen LogP contribution is 2.39. The van der Waals surface area contributed by atoms with Crippen LogP contribution in [0.1, 0.15) is 61.3 Å². The number of allylic oxidation sites excluding steroid dienone is 1. The van der Waals surface area contributed by atoms with Crippen molar-refractivity contribution in [3.63, 3.8) is 0 Å². The summed E-state index contributed by atoms with van der Waals surface area (Å²) in [6.45, 7) is 15.0. The molecule has 0 saturated heterocycles. The van der Waals surface area contributed by atoms with Crippen LogP contribution in [0.4, 0.5) is 0 Å². The van der Waals surface area contributed by atoms with Crippen molar-refractivity contribution in [1.82, 2.24) is 5.32 Å². The molecule has 0 bridgehead atoms. The highest BCUT2D eigenvalue weighted by atomic mass is 16.2. The fourth-order valence-electron chi connectivity index (χ4n) is 2.84. The maximum atomic E-state index is 12.9. The van der Waals surface area contributed by atoms with Crippen molar-refractivity contribution in [3.8, 4) is 0 Å². The van der Waals surface area contributed by atoms with E-state index in [0.29, 0.717) is 13.0 Å². The van der Waals surface area contributed by atoms with E-state index < -0.39 is 5.92 Å². The van der Waals surface area contributed by atoms with E-state index in [4.69, 9.17) is 0 Å². The van der Waals surface area contributed by atoms with Crippen LogP contribution in [0.5, 0.6) is 0 Å². The van der Waals surface area contributed by atoms with Gasteiger partial charge in [0.2, 0.25) is 5.91 Å². The molecule has 0 aromatic carbocycles. The summed E-state index contributed by atoms with van der Waals surface area (Å²) in [7, 11) is 0. The van der Waals surface area contributed by atoms with Gasteiger partial charge in [0.15, 0.2) is 5.78 Å². The summed E-state index contributed by atoms with van der Waals surface area (Å²) < 4.78 is 0. The normalized spacial score (nSPS) is 21.9. The first-order valence-electron chi connectivity index (χ1n) is 7.56. The molecule has 1 atom stereocenters. The van der Waals surface area contributed by atoms with Crippen LogP contribution in [0.2, 0.25) is 0 Å². The summed E-state index contributed by atoms with van der Waals surface area (Å²) in [5.41, 5.74) is 1.56. The Balaban J connectivity index is 3.44. The van der Waals surface area contributed by atoms with Crippen molar-refractivity contribution in [2.75, 3.05) is 6.54 Å². The van der Waals surface area contributed by atoms with Gasteiger partial charge < -0.3 is 5.32 Å². The van der Waals surface area contributed by atoms with Crippen molar-refractivity contribution >= 4 is 11.7 Å². The molecule has 0 spiro atoms. The minimum atomic E-state index is -0.519. The van der Waals surface area contributed by atoms with Gasteiger partial charge in [0.1, 0.15) is 5.92 Å². The third kappa shape index (κ3) is 3.50. The van der Waals surface area contributed by atoms with Crippen LogP contribution in [0, 0.1) is 16.7 Å². The first-order chi connectivity index (χ1) is 9.00. The Morgan fingerprint density at radius 3 is 2.00 bits per heavy atom. The minimum Gasteiger partial charge on any atom is -0.352 e. The summed E-state index contributed by atoms with van der Waals surface area (Å²) >= 11 is 0. The molecular weight excluding hydrogens is 250 g/mol.